The topological polar surface area (TPSA) is 58.6 Å². The molecule has 0 bridgehead atoms. The third-order valence-corrected chi connectivity index (χ3v) is 4.34. The van der Waals surface area contributed by atoms with Gasteiger partial charge in [-0.3, -0.25) is 9.59 Å². The molecule has 5 nitrogen and oxygen atoms in total. The lowest BCUT2D eigenvalue weighted by atomic mass is 10.2. The van der Waals surface area contributed by atoms with Gasteiger partial charge in [-0.05, 0) is 43.0 Å². The number of carbonyl (C=O) groups excluding carboxylic acids is 2. The number of hydrogen-bond acceptors (Lipinski definition) is 4. The summed E-state index contributed by atoms with van der Waals surface area (Å²) < 4.78 is 5.48. The SMILES string of the molecule is CSc1ccccc1NC(=O)CN(C)C(=O)COc1cccc(C)c1. The second-order valence-electron chi connectivity index (χ2n) is 5.60. The second kappa shape index (κ2) is 9.13. The van der Waals surface area contributed by atoms with Crippen molar-refractivity contribution in [3.05, 3.63) is 54.1 Å². The van der Waals surface area contributed by atoms with Gasteiger partial charge in [-0.15, -0.1) is 11.8 Å². The molecule has 2 aromatic carbocycles. The van der Waals surface area contributed by atoms with Crippen LogP contribution < -0.4 is 10.1 Å². The Bertz CT molecular complexity index is 749. The van der Waals surface area contributed by atoms with E-state index in [1.165, 1.54) is 4.90 Å². The van der Waals surface area contributed by atoms with E-state index < -0.39 is 0 Å². The van der Waals surface area contributed by atoms with Gasteiger partial charge in [0.25, 0.3) is 5.91 Å². The molecule has 2 amide bonds. The number of nitrogens with one attached hydrogen (secondary N) is 1. The highest BCUT2D eigenvalue weighted by atomic mass is 32.2. The largest absolute Gasteiger partial charge is 0.484 e. The van der Waals surface area contributed by atoms with Crippen LogP contribution in [-0.2, 0) is 9.59 Å². The van der Waals surface area contributed by atoms with E-state index in [2.05, 4.69) is 5.32 Å². The van der Waals surface area contributed by atoms with Crippen LogP contribution in [0.25, 0.3) is 0 Å². The number of likely N-dealkylation sites (N-methyl/N-ethyl adjacent to an activating group) is 1. The van der Waals surface area contributed by atoms with E-state index in [1.54, 1.807) is 24.9 Å². The zero-order chi connectivity index (χ0) is 18.2. The first kappa shape index (κ1) is 18.9. The lowest BCUT2D eigenvalue weighted by Crippen LogP contribution is -2.37. The fraction of sp³-hybridized carbons (Fsp3) is 0.263. The maximum absolute atomic E-state index is 12.2. The lowest BCUT2D eigenvalue weighted by molar-refractivity contribution is -0.135. The number of thioether (sulfide) groups is 1. The van der Waals surface area contributed by atoms with Crippen LogP contribution >= 0.6 is 11.8 Å². The number of benzene rings is 2. The van der Waals surface area contributed by atoms with E-state index in [4.69, 9.17) is 4.74 Å². The molecule has 0 radical (unpaired) electrons. The molecule has 0 saturated carbocycles. The highest BCUT2D eigenvalue weighted by molar-refractivity contribution is 7.98. The molecule has 0 aliphatic carbocycles. The summed E-state index contributed by atoms with van der Waals surface area (Å²) in [6.45, 7) is 1.82. The number of anilines is 1. The normalized spacial score (nSPS) is 10.2. The summed E-state index contributed by atoms with van der Waals surface area (Å²) in [6, 6.07) is 15.0. The van der Waals surface area contributed by atoms with E-state index in [1.807, 2.05) is 55.6 Å². The Kier molecular flexibility index (Phi) is 6.89. The van der Waals surface area contributed by atoms with Gasteiger partial charge in [0, 0.05) is 11.9 Å². The van der Waals surface area contributed by atoms with Crippen LogP contribution in [0.3, 0.4) is 0 Å². The van der Waals surface area contributed by atoms with Gasteiger partial charge in [0.1, 0.15) is 5.75 Å². The molecule has 0 aliphatic rings. The van der Waals surface area contributed by atoms with Gasteiger partial charge in [0.05, 0.1) is 12.2 Å². The average Bonchev–Trinajstić information content (AvgIpc) is 2.60. The molecule has 0 fully saturated rings. The maximum atomic E-state index is 12.2. The van der Waals surface area contributed by atoms with Crippen molar-refractivity contribution >= 4 is 29.3 Å². The van der Waals surface area contributed by atoms with E-state index in [0.717, 1.165) is 16.1 Å². The van der Waals surface area contributed by atoms with Crippen LogP contribution in [0.4, 0.5) is 5.69 Å². The van der Waals surface area contributed by atoms with E-state index in [9.17, 15) is 9.59 Å². The molecule has 0 aliphatic heterocycles. The molecular weight excluding hydrogens is 336 g/mol. The summed E-state index contributed by atoms with van der Waals surface area (Å²) in [5.41, 5.74) is 1.81. The molecule has 2 rings (SSSR count). The first-order valence-corrected chi connectivity index (χ1v) is 9.08. The zero-order valence-corrected chi connectivity index (χ0v) is 15.4. The lowest BCUT2D eigenvalue weighted by Gasteiger charge is -2.18. The van der Waals surface area contributed by atoms with Crippen molar-refractivity contribution in [3.63, 3.8) is 0 Å². The highest BCUT2D eigenvalue weighted by Crippen LogP contribution is 2.24. The zero-order valence-electron chi connectivity index (χ0n) is 14.6. The van der Waals surface area contributed by atoms with Crippen LogP contribution in [0.15, 0.2) is 53.4 Å². The van der Waals surface area contributed by atoms with Gasteiger partial charge in [0.2, 0.25) is 5.91 Å². The van der Waals surface area contributed by atoms with Crippen LogP contribution in [0.1, 0.15) is 5.56 Å². The Morgan fingerprint density at radius 1 is 1.16 bits per heavy atom. The van der Waals surface area contributed by atoms with Crippen molar-refractivity contribution < 1.29 is 14.3 Å². The van der Waals surface area contributed by atoms with Gasteiger partial charge < -0.3 is 15.0 Å². The van der Waals surface area contributed by atoms with Gasteiger partial charge >= 0.3 is 0 Å². The second-order valence-corrected chi connectivity index (χ2v) is 6.45. The van der Waals surface area contributed by atoms with E-state index >= 15 is 0 Å². The van der Waals surface area contributed by atoms with Crippen molar-refractivity contribution in [2.75, 3.05) is 31.8 Å². The molecule has 2 aromatic rings. The standard InChI is InChI=1S/C19H22N2O3S/c1-14-7-6-8-15(11-14)24-13-19(23)21(2)12-18(22)20-16-9-4-5-10-17(16)25-3/h4-11H,12-13H2,1-3H3,(H,20,22). The smallest absolute Gasteiger partial charge is 0.260 e. The Labute approximate surface area is 152 Å². The van der Waals surface area contributed by atoms with Crippen molar-refractivity contribution in [2.24, 2.45) is 0 Å². The summed E-state index contributed by atoms with van der Waals surface area (Å²) in [7, 11) is 1.59. The quantitative estimate of drug-likeness (QED) is 0.772. The molecule has 6 heteroatoms. The Balaban J connectivity index is 1.84. The third kappa shape index (κ3) is 5.83. The summed E-state index contributed by atoms with van der Waals surface area (Å²) in [4.78, 5) is 26.6. The van der Waals surface area contributed by atoms with Crippen molar-refractivity contribution in [3.8, 4) is 5.75 Å². The highest BCUT2D eigenvalue weighted by Gasteiger charge is 2.14. The molecule has 1 N–H and O–H groups in total. The van der Waals surface area contributed by atoms with Crippen LogP contribution in [-0.4, -0.2) is 43.2 Å². The molecule has 0 unspecified atom stereocenters. The monoisotopic (exact) mass is 358 g/mol. The van der Waals surface area contributed by atoms with Gasteiger partial charge in [-0.25, -0.2) is 0 Å². The molecule has 25 heavy (non-hydrogen) atoms. The number of rotatable bonds is 7. The van der Waals surface area contributed by atoms with Gasteiger partial charge in [-0.1, -0.05) is 24.3 Å². The number of carbonyl (C=O) groups is 2. The predicted molar refractivity (Wildman–Crippen MR) is 101 cm³/mol. The minimum atomic E-state index is -0.255. The summed E-state index contributed by atoms with van der Waals surface area (Å²) in [5.74, 6) is 0.141. The van der Waals surface area contributed by atoms with Crippen LogP contribution in [0.2, 0.25) is 0 Å². The Morgan fingerprint density at radius 3 is 2.64 bits per heavy atom. The summed E-state index contributed by atoms with van der Waals surface area (Å²) in [5, 5.41) is 2.83. The van der Waals surface area contributed by atoms with E-state index in [-0.39, 0.29) is 25.0 Å². The molecule has 0 saturated heterocycles. The fourth-order valence-electron chi connectivity index (χ4n) is 2.20. The predicted octanol–water partition coefficient (Wildman–Crippen LogP) is 3.19. The van der Waals surface area contributed by atoms with Crippen molar-refractivity contribution in [1.29, 1.82) is 0 Å². The van der Waals surface area contributed by atoms with Crippen LogP contribution in [0, 0.1) is 6.92 Å². The average molecular weight is 358 g/mol. The molecular formula is C19H22N2O3S. The molecule has 0 aromatic heterocycles. The maximum Gasteiger partial charge on any atom is 0.260 e. The number of hydrogen-bond donors (Lipinski definition) is 1. The Morgan fingerprint density at radius 2 is 1.92 bits per heavy atom. The third-order valence-electron chi connectivity index (χ3n) is 3.54. The minimum Gasteiger partial charge on any atom is -0.484 e. The van der Waals surface area contributed by atoms with E-state index in [0.29, 0.717) is 5.75 Å². The number of para-hydroxylation sites is 1. The fourth-order valence-corrected chi connectivity index (χ4v) is 2.76. The summed E-state index contributed by atoms with van der Waals surface area (Å²) in [6.07, 6.45) is 1.95. The minimum absolute atomic E-state index is 0.0290. The molecule has 0 spiro atoms. The molecule has 132 valence electrons. The number of aryl methyl sites for hydroxylation is 1. The molecule has 0 atom stereocenters. The Hall–Kier alpha value is -2.47. The summed E-state index contributed by atoms with van der Waals surface area (Å²) >= 11 is 1.55. The first-order valence-electron chi connectivity index (χ1n) is 7.86. The number of amides is 2. The first-order chi connectivity index (χ1) is 12.0. The van der Waals surface area contributed by atoms with Gasteiger partial charge in [-0.2, -0.15) is 0 Å². The number of ether oxygens (including phenoxy) is 1. The van der Waals surface area contributed by atoms with Crippen molar-refractivity contribution in [2.45, 2.75) is 11.8 Å². The molecule has 0 heterocycles. The van der Waals surface area contributed by atoms with Crippen molar-refractivity contribution in [1.82, 2.24) is 4.90 Å². The van der Waals surface area contributed by atoms with Gasteiger partial charge in [0.15, 0.2) is 6.61 Å². The van der Waals surface area contributed by atoms with Crippen LogP contribution in [0.5, 0.6) is 5.75 Å². The number of nitrogens with zero attached hydrogens (tertiary/aromatic N) is 1.